The first-order valence-corrected chi connectivity index (χ1v) is 9.65. The fraction of sp³-hybridized carbons (Fsp3) is 0.619. The summed E-state index contributed by atoms with van der Waals surface area (Å²) in [6, 6.07) is 5.87. The number of likely N-dealkylation sites (tertiary alicyclic amines) is 1. The molecule has 0 radical (unpaired) electrons. The molecule has 0 aliphatic carbocycles. The Morgan fingerprint density at radius 3 is 2.16 bits per heavy atom. The number of anilines is 1. The molecule has 4 heteroatoms. The van der Waals surface area contributed by atoms with E-state index in [9.17, 15) is 4.79 Å². The molecule has 1 aliphatic heterocycles. The third-order valence-electron chi connectivity index (χ3n) is 5.85. The lowest BCUT2D eigenvalue weighted by atomic mass is 10.0. The van der Waals surface area contributed by atoms with Crippen LogP contribution < -0.4 is 5.32 Å². The molecule has 2 rings (SSSR count). The van der Waals surface area contributed by atoms with Gasteiger partial charge in [-0.3, -0.25) is 4.79 Å². The summed E-state index contributed by atoms with van der Waals surface area (Å²) in [6.45, 7) is 11.5. The number of nitrogens with one attached hydrogen (secondary N) is 1. The van der Waals surface area contributed by atoms with Crippen molar-refractivity contribution < 1.29 is 9.28 Å². The molecule has 136 valence electrons. The predicted molar refractivity (Wildman–Crippen MR) is 102 cm³/mol. The molecule has 1 unspecified atom stereocenters. The molecule has 25 heavy (non-hydrogen) atoms. The van der Waals surface area contributed by atoms with Gasteiger partial charge in [-0.2, -0.15) is 5.26 Å². The number of nitrogens with zero attached hydrogens (tertiary/aromatic N) is 2. The summed E-state index contributed by atoms with van der Waals surface area (Å²) >= 11 is 0. The van der Waals surface area contributed by atoms with Crippen LogP contribution in [0.5, 0.6) is 0 Å². The molecular weight excluding hydrogens is 310 g/mol. The van der Waals surface area contributed by atoms with E-state index in [2.05, 4.69) is 25.2 Å². The van der Waals surface area contributed by atoms with Gasteiger partial charge in [-0.1, -0.05) is 6.92 Å². The van der Waals surface area contributed by atoms with Crippen molar-refractivity contribution in [1.29, 1.82) is 5.26 Å². The van der Waals surface area contributed by atoms with Crippen molar-refractivity contribution in [3.63, 3.8) is 0 Å². The van der Waals surface area contributed by atoms with E-state index in [1.54, 1.807) is 0 Å². The van der Waals surface area contributed by atoms with Crippen LogP contribution in [-0.4, -0.2) is 36.1 Å². The zero-order chi connectivity index (χ0) is 18.4. The van der Waals surface area contributed by atoms with Crippen molar-refractivity contribution in [2.24, 2.45) is 0 Å². The van der Waals surface area contributed by atoms with Crippen LogP contribution in [0, 0.1) is 25.2 Å². The summed E-state index contributed by atoms with van der Waals surface area (Å²) in [5.74, 6) is 0.127. The summed E-state index contributed by atoms with van der Waals surface area (Å²) in [5, 5.41) is 12.3. The Bertz CT molecular complexity index is 629. The van der Waals surface area contributed by atoms with Gasteiger partial charge in [-0.05, 0) is 69.7 Å². The van der Waals surface area contributed by atoms with Gasteiger partial charge >= 0.3 is 0 Å². The van der Waals surface area contributed by atoms with Crippen LogP contribution in [0.2, 0.25) is 0 Å². The van der Waals surface area contributed by atoms with Gasteiger partial charge in [-0.15, -0.1) is 0 Å². The molecule has 1 heterocycles. The lowest BCUT2D eigenvalue weighted by Gasteiger charge is -2.42. The van der Waals surface area contributed by atoms with Crippen molar-refractivity contribution in [1.82, 2.24) is 0 Å². The van der Waals surface area contributed by atoms with Gasteiger partial charge in [0, 0.05) is 12.1 Å². The van der Waals surface area contributed by atoms with E-state index in [1.807, 2.05) is 26.0 Å². The van der Waals surface area contributed by atoms with E-state index in [0.29, 0.717) is 5.56 Å². The number of hydrogen-bond donors (Lipinski definition) is 1. The second kappa shape index (κ2) is 8.49. The number of nitriles is 1. The Morgan fingerprint density at radius 1 is 1.16 bits per heavy atom. The molecule has 0 saturated carbocycles. The second-order valence-electron chi connectivity index (χ2n) is 7.41. The Hall–Kier alpha value is -1.86. The smallest absolute Gasteiger partial charge is 0.282 e. The molecule has 1 atom stereocenters. The zero-order valence-electron chi connectivity index (χ0n) is 16.2. The molecule has 1 aromatic rings. The molecule has 0 bridgehead atoms. The number of quaternary nitrogens is 1. The van der Waals surface area contributed by atoms with Crippen LogP contribution in [0.1, 0.15) is 62.6 Å². The first kappa shape index (κ1) is 19.5. The van der Waals surface area contributed by atoms with Crippen LogP contribution in [0.3, 0.4) is 0 Å². The molecule has 1 N–H and O–H groups in total. The number of rotatable bonds is 5. The van der Waals surface area contributed by atoms with Crippen LogP contribution in [0.15, 0.2) is 12.1 Å². The highest BCUT2D eigenvalue weighted by atomic mass is 16.2. The van der Waals surface area contributed by atoms with Crippen molar-refractivity contribution in [2.75, 3.05) is 25.0 Å². The molecule has 1 fully saturated rings. The summed E-state index contributed by atoms with van der Waals surface area (Å²) in [7, 11) is 0. The second-order valence-corrected chi connectivity index (χ2v) is 7.41. The minimum absolute atomic E-state index is 0.00227. The number of aryl methyl sites for hydroxylation is 2. The van der Waals surface area contributed by atoms with E-state index < -0.39 is 0 Å². The van der Waals surface area contributed by atoms with Gasteiger partial charge in [0.2, 0.25) is 0 Å². The standard InChI is InChI=1S/C21H31N3O/c1-5-19(24(6-2)11-9-7-8-10-12-24)21(25)23-20-16(3)13-18(15-22)14-17(20)4/h13-14,19H,5-12H2,1-4H3/p+1. The minimum atomic E-state index is -0.00227. The predicted octanol–water partition coefficient (Wildman–Crippen LogP) is 4.30. The SMILES string of the molecule is CCC(C(=O)Nc1c(C)cc(C#N)cc1C)[N+]1(CC)CCCCCC1. The number of likely N-dealkylation sites (N-methyl/N-ethyl adjacent to an activating group) is 1. The number of hydrogen-bond acceptors (Lipinski definition) is 2. The highest BCUT2D eigenvalue weighted by Crippen LogP contribution is 2.27. The van der Waals surface area contributed by atoms with E-state index in [1.165, 1.54) is 25.7 Å². The van der Waals surface area contributed by atoms with E-state index >= 15 is 0 Å². The first-order valence-electron chi connectivity index (χ1n) is 9.65. The van der Waals surface area contributed by atoms with E-state index in [0.717, 1.165) is 47.4 Å². The minimum Gasteiger partial charge on any atom is -0.320 e. The Balaban J connectivity index is 2.27. The lowest BCUT2D eigenvalue weighted by Crippen LogP contribution is -2.60. The van der Waals surface area contributed by atoms with Crippen molar-refractivity contribution >= 4 is 11.6 Å². The summed E-state index contributed by atoms with van der Waals surface area (Å²) in [5.41, 5.74) is 3.42. The zero-order valence-corrected chi connectivity index (χ0v) is 16.2. The molecule has 1 amide bonds. The largest absolute Gasteiger partial charge is 0.320 e. The fourth-order valence-corrected chi connectivity index (χ4v) is 4.42. The molecule has 0 aromatic heterocycles. The first-order chi connectivity index (χ1) is 12.0. The molecular formula is C21H32N3O+. The number of amides is 1. The Morgan fingerprint density at radius 2 is 1.72 bits per heavy atom. The van der Waals surface area contributed by atoms with E-state index in [-0.39, 0.29) is 11.9 Å². The average Bonchev–Trinajstić information content (AvgIpc) is 2.85. The van der Waals surface area contributed by atoms with Gasteiger partial charge in [0.25, 0.3) is 5.91 Å². The molecule has 1 saturated heterocycles. The Labute approximate surface area is 152 Å². The molecule has 0 spiro atoms. The molecule has 4 nitrogen and oxygen atoms in total. The monoisotopic (exact) mass is 342 g/mol. The maximum absolute atomic E-state index is 13.2. The number of carbonyl (C=O) groups excluding carboxylic acids is 1. The lowest BCUT2D eigenvalue weighted by molar-refractivity contribution is -0.940. The quantitative estimate of drug-likeness (QED) is 0.811. The number of benzene rings is 1. The van der Waals surface area contributed by atoms with Crippen molar-refractivity contribution in [3.8, 4) is 6.07 Å². The summed E-state index contributed by atoms with van der Waals surface area (Å²) in [4.78, 5) is 13.2. The van der Waals surface area contributed by atoms with Crippen molar-refractivity contribution in [3.05, 3.63) is 28.8 Å². The summed E-state index contributed by atoms with van der Waals surface area (Å²) < 4.78 is 0.913. The van der Waals surface area contributed by atoms with Crippen molar-refractivity contribution in [2.45, 2.75) is 65.8 Å². The average molecular weight is 343 g/mol. The third kappa shape index (κ3) is 4.22. The van der Waals surface area contributed by atoms with E-state index in [4.69, 9.17) is 5.26 Å². The molecule has 1 aliphatic rings. The van der Waals surface area contributed by atoms with Crippen LogP contribution >= 0.6 is 0 Å². The fourth-order valence-electron chi connectivity index (χ4n) is 4.42. The Kier molecular flexibility index (Phi) is 6.61. The topological polar surface area (TPSA) is 52.9 Å². The van der Waals surface area contributed by atoms with Gasteiger partial charge in [-0.25, -0.2) is 0 Å². The van der Waals surface area contributed by atoms with Gasteiger partial charge in [0.15, 0.2) is 6.04 Å². The third-order valence-corrected chi connectivity index (χ3v) is 5.85. The van der Waals surface area contributed by atoms with Gasteiger partial charge in [0.1, 0.15) is 0 Å². The van der Waals surface area contributed by atoms with Gasteiger partial charge < -0.3 is 9.80 Å². The van der Waals surface area contributed by atoms with Crippen LogP contribution in [0.4, 0.5) is 5.69 Å². The van der Waals surface area contributed by atoms with Gasteiger partial charge in [0.05, 0.1) is 31.3 Å². The number of carbonyl (C=O) groups is 1. The van der Waals surface area contributed by atoms with Crippen LogP contribution in [-0.2, 0) is 4.79 Å². The van der Waals surface area contributed by atoms with Crippen LogP contribution in [0.25, 0.3) is 0 Å². The summed E-state index contributed by atoms with van der Waals surface area (Å²) in [6.07, 6.45) is 5.85. The highest BCUT2D eigenvalue weighted by Gasteiger charge is 2.39. The highest BCUT2D eigenvalue weighted by molar-refractivity contribution is 5.95. The maximum Gasteiger partial charge on any atom is 0.282 e. The maximum atomic E-state index is 13.2. The molecule has 1 aromatic carbocycles. The normalized spacial score (nSPS) is 18.0.